The SMILES string of the molecule is c1ccc(C2(c3ccccc3)c3ccccc3-c3cc4c(cc32)Oc2ccc(-c3ccccc3-c3ccc5ccc6ccccc6c5n3)cc2O4)cc1. The van der Waals surface area contributed by atoms with Crippen LogP contribution in [0, 0.1) is 0 Å². The largest absolute Gasteiger partial charge is 0.450 e. The standard InChI is InChI=1S/C50H31NO2/c1-3-14-35(15-4-1)50(36-16-5-2-6-17-36)42-22-12-11-20-39(42)41-30-47-48(31-43(41)50)52-45-28-26-34(29-46(45)53-47)37-18-9-10-21-40(37)44-27-25-33-24-23-32-13-7-8-19-38(32)49(33)51-44/h1-31H. The van der Waals surface area contributed by atoms with Crippen LogP contribution in [0.5, 0.6) is 23.0 Å². The normalized spacial score (nSPS) is 13.4. The third-order valence-corrected chi connectivity index (χ3v) is 11.0. The highest BCUT2D eigenvalue weighted by Gasteiger charge is 2.47. The van der Waals surface area contributed by atoms with Crippen molar-refractivity contribution in [3.63, 3.8) is 0 Å². The zero-order valence-electron chi connectivity index (χ0n) is 28.7. The smallest absolute Gasteiger partial charge is 0.170 e. The van der Waals surface area contributed by atoms with E-state index in [1.807, 2.05) is 6.07 Å². The molecule has 1 aromatic heterocycles. The van der Waals surface area contributed by atoms with Crippen molar-refractivity contribution in [1.82, 2.24) is 4.98 Å². The summed E-state index contributed by atoms with van der Waals surface area (Å²) < 4.78 is 13.5. The molecule has 0 bridgehead atoms. The van der Waals surface area contributed by atoms with Gasteiger partial charge in [-0.05, 0) is 80.2 Å². The van der Waals surface area contributed by atoms with Crippen LogP contribution in [0.3, 0.4) is 0 Å². The first-order valence-electron chi connectivity index (χ1n) is 18.0. The summed E-state index contributed by atoms with van der Waals surface area (Å²) in [6, 6.07) is 66.5. The molecule has 0 amide bonds. The van der Waals surface area contributed by atoms with Crippen molar-refractivity contribution in [1.29, 1.82) is 0 Å². The van der Waals surface area contributed by atoms with Gasteiger partial charge in [-0.25, -0.2) is 4.98 Å². The maximum atomic E-state index is 6.77. The quantitative estimate of drug-likeness (QED) is 0.174. The summed E-state index contributed by atoms with van der Waals surface area (Å²) in [7, 11) is 0. The summed E-state index contributed by atoms with van der Waals surface area (Å²) in [6.07, 6.45) is 0. The van der Waals surface area contributed by atoms with Crippen LogP contribution in [0.25, 0.3) is 55.2 Å². The Bertz CT molecular complexity index is 2860. The number of pyridine rings is 1. The fourth-order valence-corrected chi connectivity index (χ4v) is 8.65. The van der Waals surface area contributed by atoms with E-state index in [4.69, 9.17) is 14.5 Å². The van der Waals surface area contributed by atoms with E-state index in [2.05, 4.69) is 182 Å². The molecule has 248 valence electrons. The van der Waals surface area contributed by atoms with E-state index in [1.165, 1.54) is 33.2 Å². The number of nitrogens with zero attached hydrogens (tertiary/aromatic N) is 1. The molecule has 0 saturated heterocycles. The Hall–Kier alpha value is -6.97. The average molecular weight is 678 g/mol. The van der Waals surface area contributed by atoms with Gasteiger partial charge >= 0.3 is 0 Å². The number of rotatable bonds is 4. The van der Waals surface area contributed by atoms with E-state index < -0.39 is 5.41 Å². The molecular weight excluding hydrogens is 647 g/mol. The van der Waals surface area contributed by atoms with Gasteiger partial charge in [-0.2, -0.15) is 0 Å². The van der Waals surface area contributed by atoms with E-state index in [-0.39, 0.29) is 0 Å². The molecule has 1 aliphatic carbocycles. The fraction of sp³-hybridized carbons (Fsp3) is 0.0200. The minimum atomic E-state index is -0.510. The Morgan fingerprint density at radius 2 is 0.981 bits per heavy atom. The molecule has 9 aromatic rings. The second kappa shape index (κ2) is 11.5. The Labute approximate surface area is 307 Å². The minimum absolute atomic E-state index is 0.510. The number of hydrogen-bond acceptors (Lipinski definition) is 3. The maximum absolute atomic E-state index is 6.77. The summed E-state index contributed by atoms with van der Waals surface area (Å²) >= 11 is 0. The highest BCUT2D eigenvalue weighted by Crippen LogP contribution is 2.59. The summed E-state index contributed by atoms with van der Waals surface area (Å²) in [6.45, 7) is 0. The number of aromatic nitrogens is 1. The third-order valence-electron chi connectivity index (χ3n) is 11.0. The molecule has 0 N–H and O–H groups in total. The number of hydrogen-bond donors (Lipinski definition) is 0. The molecular formula is C50H31NO2. The Balaban J connectivity index is 1.02. The second-order valence-corrected chi connectivity index (χ2v) is 13.8. The number of ether oxygens (including phenoxy) is 2. The van der Waals surface area contributed by atoms with Crippen molar-refractivity contribution in [3.05, 3.63) is 210 Å². The van der Waals surface area contributed by atoms with Crippen LogP contribution in [-0.2, 0) is 5.41 Å². The van der Waals surface area contributed by atoms with Crippen LogP contribution < -0.4 is 9.47 Å². The molecule has 0 spiro atoms. The predicted molar refractivity (Wildman–Crippen MR) is 214 cm³/mol. The summed E-state index contributed by atoms with van der Waals surface area (Å²) in [4.78, 5) is 5.23. The topological polar surface area (TPSA) is 31.4 Å². The predicted octanol–water partition coefficient (Wildman–Crippen LogP) is 13.0. The molecule has 53 heavy (non-hydrogen) atoms. The molecule has 1 aliphatic heterocycles. The monoisotopic (exact) mass is 677 g/mol. The van der Waals surface area contributed by atoms with Gasteiger partial charge in [-0.1, -0.05) is 158 Å². The van der Waals surface area contributed by atoms with Crippen LogP contribution >= 0.6 is 0 Å². The molecule has 8 aromatic carbocycles. The van der Waals surface area contributed by atoms with Crippen molar-refractivity contribution in [3.8, 4) is 56.5 Å². The van der Waals surface area contributed by atoms with Crippen LogP contribution in [0.4, 0.5) is 0 Å². The lowest BCUT2D eigenvalue weighted by Crippen LogP contribution is -2.28. The molecule has 2 aliphatic rings. The van der Waals surface area contributed by atoms with Crippen LogP contribution in [0.2, 0.25) is 0 Å². The highest BCUT2D eigenvalue weighted by molar-refractivity contribution is 6.06. The van der Waals surface area contributed by atoms with Gasteiger partial charge in [-0.15, -0.1) is 0 Å². The first-order valence-corrected chi connectivity index (χ1v) is 18.0. The molecule has 0 atom stereocenters. The van der Waals surface area contributed by atoms with Gasteiger partial charge in [-0.3, -0.25) is 0 Å². The van der Waals surface area contributed by atoms with Gasteiger partial charge in [0.25, 0.3) is 0 Å². The maximum Gasteiger partial charge on any atom is 0.170 e. The van der Waals surface area contributed by atoms with E-state index >= 15 is 0 Å². The lowest BCUT2D eigenvalue weighted by atomic mass is 9.67. The van der Waals surface area contributed by atoms with Crippen LogP contribution in [0.1, 0.15) is 22.3 Å². The number of benzene rings is 8. The summed E-state index contributed by atoms with van der Waals surface area (Å²) in [5.74, 6) is 2.79. The van der Waals surface area contributed by atoms with Gasteiger partial charge in [0.05, 0.1) is 16.6 Å². The molecule has 2 heterocycles. The summed E-state index contributed by atoms with van der Waals surface area (Å²) in [5, 5.41) is 3.47. The highest BCUT2D eigenvalue weighted by atomic mass is 16.6. The summed E-state index contributed by atoms with van der Waals surface area (Å²) in [5.41, 5.74) is 11.8. The van der Waals surface area contributed by atoms with E-state index in [0.717, 1.165) is 44.2 Å². The molecule has 0 radical (unpaired) electrons. The van der Waals surface area contributed by atoms with Crippen molar-refractivity contribution in [2.45, 2.75) is 5.41 Å². The van der Waals surface area contributed by atoms with Gasteiger partial charge in [0.2, 0.25) is 0 Å². The first-order chi connectivity index (χ1) is 26.3. The Kier molecular flexibility index (Phi) is 6.47. The van der Waals surface area contributed by atoms with Crippen molar-refractivity contribution in [2.24, 2.45) is 0 Å². The van der Waals surface area contributed by atoms with Crippen LogP contribution in [0.15, 0.2) is 188 Å². The van der Waals surface area contributed by atoms with Crippen LogP contribution in [-0.4, -0.2) is 4.98 Å². The third kappa shape index (κ3) is 4.44. The Morgan fingerprint density at radius 3 is 1.79 bits per heavy atom. The lowest BCUT2D eigenvalue weighted by molar-refractivity contribution is 0.359. The fourth-order valence-electron chi connectivity index (χ4n) is 8.65. The average Bonchev–Trinajstić information content (AvgIpc) is 3.52. The zero-order chi connectivity index (χ0) is 34.9. The molecule has 0 unspecified atom stereocenters. The molecule has 3 nitrogen and oxygen atoms in total. The van der Waals surface area contributed by atoms with Gasteiger partial charge in [0.15, 0.2) is 23.0 Å². The number of fused-ring (bicyclic) bond motifs is 8. The van der Waals surface area contributed by atoms with Crippen molar-refractivity contribution in [2.75, 3.05) is 0 Å². The van der Waals surface area contributed by atoms with Crippen molar-refractivity contribution < 1.29 is 9.47 Å². The first kappa shape index (κ1) is 29.7. The van der Waals surface area contributed by atoms with E-state index in [1.54, 1.807) is 0 Å². The van der Waals surface area contributed by atoms with Crippen molar-refractivity contribution >= 4 is 21.7 Å². The van der Waals surface area contributed by atoms with Gasteiger partial charge < -0.3 is 9.47 Å². The molecule has 0 saturated carbocycles. The molecule has 11 rings (SSSR count). The Morgan fingerprint density at radius 1 is 0.377 bits per heavy atom. The lowest BCUT2D eigenvalue weighted by Gasteiger charge is -2.34. The van der Waals surface area contributed by atoms with E-state index in [9.17, 15) is 0 Å². The molecule has 0 fully saturated rings. The van der Waals surface area contributed by atoms with Gasteiger partial charge in [0.1, 0.15) is 0 Å². The second-order valence-electron chi connectivity index (χ2n) is 13.8. The minimum Gasteiger partial charge on any atom is -0.450 e. The van der Waals surface area contributed by atoms with Gasteiger partial charge in [0, 0.05) is 16.3 Å². The van der Waals surface area contributed by atoms with E-state index in [0.29, 0.717) is 23.0 Å². The molecule has 3 heteroatoms. The zero-order valence-corrected chi connectivity index (χ0v) is 28.7.